The number of nitrogens with zero attached hydrogens (tertiary/aromatic N) is 1. The molecule has 3 rings (SSSR count). The SMILES string of the molecule is Cl.O=C(NCC1=CCNCC1)C1CCCN(S(=O)(=O)c2ccc(F)cc2)C1. The van der Waals surface area contributed by atoms with Gasteiger partial charge in [0.25, 0.3) is 0 Å². The van der Waals surface area contributed by atoms with Crippen molar-refractivity contribution in [1.82, 2.24) is 14.9 Å². The van der Waals surface area contributed by atoms with Crippen LogP contribution in [0.4, 0.5) is 4.39 Å². The Bertz CT molecular complexity index is 784. The molecule has 2 aliphatic rings. The third-order valence-electron chi connectivity index (χ3n) is 4.85. The predicted molar refractivity (Wildman–Crippen MR) is 104 cm³/mol. The first-order chi connectivity index (χ1) is 12.5. The Labute approximate surface area is 165 Å². The molecule has 9 heteroatoms. The number of benzene rings is 1. The van der Waals surface area contributed by atoms with Crippen molar-refractivity contribution in [3.63, 3.8) is 0 Å². The van der Waals surface area contributed by atoms with Crippen LogP contribution >= 0.6 is 12.4 Å². The molecule has 150 valence electrons. The number of hydrogen-bond donors (Lipinski definition) is 2. The lowest BCUT2D eigenvalue weighted by Crippen LogP contribution is -2.45. The van der Waals surface area contributed by atoms with Gasteiger partial charge in [0.05, 0.1) is 10.8 Å². The zero-order chi connectivity index (χ0) is 18.6. The summed E-state index contributed by atoms with van der Waals surface area (Å²) in [4.78, 5) is 12.5. The maximum absolute atomic E-state index is 13.1. The summed E-state index contributed by atoms with van der Waals surface area (Å²) in [5.41, 5.74) is 1.20. The van der Waals surface area contributed by atoms with Crippen molar-refractivity contribution in [2.75, 3.05) is 32.7 Å². The van der Waals surface area contributed by atoms with Gasteiger partial charge in [0.15, 0.2) is 0 Å². The number of nitrogens with one attached hydrogen (secondary N) is 2. The van der Waals surface area contributed by atoms with E-state index in [1.165, 1.54) is 22.0 Å². The van der Waals surface area contributed by atoms with Crippen LogP contribution < -0.4 is 10.6 Å². The topological polar surface area (TPSA) is 78.5 Å². The Morgan fingerprint density at radius 3 is 2.70 bits per heavy atom. The lowest BCUT2D eigenvalue weighted by molar-refractivity contribution is -0.125. The molecule has 1 saturated heterocycles. The number of carbonyl (C=O) groups excluding carboxylic acids is 1. The fraction of sp³-hybridized carbons (Fsp3) is 0.500. The lowest BCUT2D eigenvalue weighted by atomic mass is 9.98. The standard InChI is InChI=1S/C18H24FN3O3S.ClH/c19-16-3-5-17(6-4-16)26(24,25)22-11-1-2-15(13-22)18(23)21-12-14-7-9-20-10-8-14;/h3-7,15,20H,1-2,8-13H2,(H,21,23);1H. The third kappa shape index (κ3) is 5.51. The summed E-state index contributed by atoms with van der Waals surface area (Å²) in [7, 11) is -3.71. The van der Waals surface area contributed by atoms with Crippen molar-refractivity contribution < 1.29 is 17.6 Å². The molecule has 2 heterocycles. The minimum absolute atomic E-state index is 0. The normalized spacial score (nSPS) is 21.1. The van der Waals surface area contributed by atoms with Crippen molar-refractivity contribution in [3.8, 4) is 0 Å². The van der Waals surface area contributed by atoms with Crippen molar-refractivity contribution in [2.24, 2.45) is 5.92 Å². The van der Waals surface area contributed by atoms with Crippen LogP contribution in [0.5, 0.6) is 0 Å². The van der Waals surface area contributed by atoms with Crippen molar-refractivity contribution in [2.45, 2.75) is 24.2 Å². The van der Waals surface area contributed by atoms with Gasteiger partial charge >= 0.3 is 0 Å². The van der Waals surface area contributed by atoms with Crippen molar-refractivity contribution in [1.29, 1.82) is 0 Å². The Morgan fingerprint density at radius 1 is 1.30 bits per heavy atom. The first-order valence-corrected chi connectivity index (χ1v) is 10.3. The number of hydrogen-bond acceptors (Lipinski definition) is 4. The van der Waals surface area contributed by atoms with Gasteiger partial charge in [-0.05, 0) is 50.1 Å². The largest absolute Gasteiger partial charge is 0.352 e. The monoisotopic (exact) mass is 417 g/mol. The van der Waals surface area contributed by atoms with Gasteiger partial charge in [0, 0.05) is 26.2 Å². The molecule has 0 spiro atoms. The molecule has 27 heavy (non-hydrogen) atoms. The zero-order valence-electron chi connectivity index (χ0n) is 15.0. The Kier molecular flexibility index (Phi) is 7.79. The van der Waals surface area contributed by atoms with Gasteiger partial charge in [-0.3, -0.25) is 4.79 Å². The number of carbonyl (C=O) groups is 1. The van der Waals surface area contributed by atoms with Crippen LogP contribution in [0.1, 0.15) is 19.3 Å². The molecule has 1 aromatic carbocycles. The number of amides is 1. The Balaban J connectivity index is 0.00000261. The van der Waals surface area contributed by atoms with Crippen LogP contribution in [0.3, 0.4) is 0 Å². The second kappa shape index (κ2) is 9.64. The summed E-state index contributed by atoms with van der Waals surface area (Å²) >= 11 is 0. The molecule has 1 unspecified atom stereocenters. The van der Waals surface area contributed by atoms with Crippen molar-refractivity contribution in [3.05, 3.63) is 41.7 Å². The van der Waals surface area contributed by atoms with Crippen LogP contribution in [0, 0.1) is 11.7 Å². The van der Waals surface area contributed by atoms with E-state index in [1.807, 2.05) is 0 Å². The zero-order valence-corrected chi connectivity index (χ0v) is 16.6. The number of sulfonamides is 1. The Morgan fingerprint density at radius 2 is 2.04 bits per heavy atom. The quantitative estimate of drug-likeness (QED) is 0.714. The molecule has 0 bridgehead atoms. The van der Waals surface area contributed by atoms with E-state index in [1.54, 1.807) is 0 Å². The second-order valence-electron chi connectivity index (χ2n) is 6.69. The first kappa shape index (κ1) is 21.8. The molecular weight excluding hydrogens is 393 g/mol. The molecule has 1 atom stereocenters. The second-order valence-corrected chi connectivity index (χ2v) is 8.63. The first-order valence-electron chi connectivity index (χ1n) is 8.89. The molecule has 0 aromatic heterocycles. The third-order valence-corrected chi connectivity index (χ3v) is 6.73. The highest BCUT2D eigenvalue weighted by molar-refractivity contribution is 7.89. The molecule has 6 nitrogen and oxygen atoms in total. The van der Waals surface area contributed by atoms with Gasteiger partial charge in [0.1, 0.15) is 5.82 Å². The van der Waals surface area contributed by atoms with Crippen LogP contribution in [-0.2, 0) is 14.8 Å². The fourth-order valence-electron chi connectivity index (χ4n) is 3.31. The lowest BCUT2D eigenvalue weighted by Gasteiger charge is -2.31. The van der Waals surface area contributed by atoms with E-state index in [9.17, 15) is 17.6 Å². The van der Waals surface area contributed by atoms with E-state index < -0.39 is 15.8 Å². The molecular formula is C18H25ClFN3O3S. The van der Waals surface area contributed by atoms with E-state index in [-0.39, 0.29) is 35.7 Å². The van der Waals surface area contributed by atoms with Gasteiger partial charge in [0.2, 0.25) is 15.9 Å². The highest BCUT2D eigenvalue weighted by Gasteiger charge is 2.33. The minimum atomic E-state index is -3.71. The fourth-order valence-corrected chi connectivity index (χ4v) is 4.83. The van der Waals surface area contributed by atoms with E-state index >= 15 is 0 Å². The molecule has 1 fully saturated rings. The van der Waals surface area contributed by atoms with Crippen LogP contribution in [0.25, 0.3) is 0 Å². The van der Waals surface area contributed by atoms with Gasteiger partial charge in [-0.2, -0.15) is 4.31 Å². The van der Waals surface area contributed by atoms with Gasteiger partial charge < -0.3 is 10.6 Å². The average Bonchev–Trinajstić information content (AvgIpc) is 2.67. The highest BCUT2D eigenvalue weighted by Crippen LogP contribution is 2.24. The molecule has 2 aliphatic heterocycles. The summed E-state index contributed by atoms with van der Waals surface area (Å²) < 4.78 is 39.8. The summed E-state index contributed by atoms with van der Waals surface area (Å²) in [6.45, 7) is 2.78. The molecule has 1 amide bonds. The Hall–Kier alpha value is -1.48. The van der Waals surface area contributed by atoms with Gasteiger partial charge in [-0.15, -0.1) is 12.4 Å². The maximum atomic E-state index is 13.1. The summed E-state index contributed by atoms with van der Waals surface area (Å²) in [6, 6.07) is 4.79. The summed E-state index contributed by atoms with van der Waals surface area (Å²) in [5.74, 6) is -0.947. The molecule has 0 aliphatic carbocycles. The average molecular weight is 418 g/mol. The van der Waals surface area contributed by atoms with E-state index in [0.29, 0.717) is 25.9 Å². The van der Waals surface area contributed by atoms with Crippen LogP contribution in [-0.4, -0.2) is 51.4 Å². The van der Waals surface area contributed by atoms with Crippen molar-refractivity contribution >= 4 is 28.3 Å². The molecule has 2 N–H and O–H groups in total. The number of piperidine rings is 1. The van der Waals surface area contributed by atoms with Gasteiger partial charge in [-0.25, -0.2) is 12.8 Å². The molecule has 0 radical (unpaired) electrons. The number of halogens is 2. The van der Waals surface area contributed by atoms with Crippen LogP contribution in [0.2, 0.25) is 0 Å². The molecule has 0 saturated carbocycles. The molecule has 1 aromatic rings. The predicted octanol–water partition coefficient (Wildman–Crippen LogP) is 1.68. The summed E-state index contributed by atoms with van der Waals surface area (Å²) in [5, 5.41) is 6.16. The van der Waals surface area contributed by atoms with E-state index in [2.05, 4.69) is 16.7 Å². The van der Waals surface area contributed by atoms with E-state index in [0.717, 1.165) is 31.6 Å². The summed E-state index contributed by atoms with van der Waals surface area (Å²) in [6.07, 6.45) is 4.29. The number of rotatable bonds is 5. The smallest absolute Gasteiger partial charge is 0.243 e. The van der Waals surface area contributed by atoms with E-state index in [4.69, 9.17) is 0 Å². The highest BCUT2D eigenvalue weighted by atomic mass is 35.5. The van der Waals surface area contributed by atoms with Gasteiger partial charge in [-0.1, -0.05) is 11.6 Å². The minimum Gasteiger partial charge on any atom is -0.352 e. The maximum Gasteiger partial charge on any atom is 0.243 e. The van der Waals surface area contributed by atoms with Crippen LogP contribution in [0.15, 0.2) is 40.8 Å².